The van der Waals surface area contributed by atoms with Crippen LogP contribution in [0.5, 0.6) is 0 Å². The van der Waals surface area contributed by atoms with Crippen LogP contribution >= 0.6 is 0 Å². The first-order valence-electron chi connectivity index (χ1n) is 6.74. The monoisotopic (exact) mass is 235 g/mol. The molecule has 1 aromatic heterocycles. The van der Waals surface area contributed by atoms with Crippen molar-refractivity contribution in [1.82, 2.24) is 5.32 Å². The summed E-state index contributed by atoms with van der Waals surface area (Å²) in [6.07, 6.45) is 5.42. The number of aryl methyl sites for hydroxylation is 1. The molecule has 3 unspecified atom stereocenters. The van der Waals surface area contributed by atoms with E-state index in [2.05, 4.69) is 5.32 Å². The molecule has 1 saturated heterocycles. The average Bonchev–Trinajstić information content (AvgIpc) is 2.66. The minimum Gasteiger partial charge on any atom is -0.464 e. The first-order chi connectivity index (χ1) is 8.33. The van der Waals surface area contributed by atoms with Crippen LogP contribution in [0.1, 0.15) is 43.3 Å². The second-order valence-corrected chi connectivity index (χ2v) is 5.33. The van der Waals surface area contributed by atoms with Crippen molar-refractivity contribution in [1.29, 1.82) is 0 Å². The molecule has 3 rings (SSSR count). The SMILES string of the molecule is Cc1ccc(C2CNC3CCCCC3CO2)o1. The normalized spacial score (nSPS) is 34.1. The summed E-state index contributed by atoms with van der Waals surface area (Å²) < 4.78 is 11.7. The molecule has 0 amide bonds. The van der Waals surface area contributed by atoms with E-state index in [0.717, 1.165) is 24.7 Å². The van der Waals surface area contributed by atoms with Gasteiger partial charge in [0, 0.05) is 12.6 Å². The highest BCUT2D eigenvalue weighted by Gasteiger charge is 2.30. The molecule has 1 saturated carbocycles. The Balaban J connectivity index is 1.69. The molecule has 94 valence electrons. The zero-order valence-corrected chi connectivity index (χ0v) is 10.4. The largest absolute Gasteiger partial charge is 0.464 e. The molecule has 2 fully saturated rings. The lowest BCUT2D eigenvalue weighted by Crippen LogP contribution is -2.38. The third-order valence-corrected chi connectivity index (χ3v) is 4.06. The first kappa shape index (κ1) is 11.3. The highest BCUT2D eigenvalue weighted by Crippen LogP contribution is 2.30. The van der Waals surface area contributed by atoms with Crippen LogP contribution in [0.15, 0.2) is 16.5 Å². The Bertz CT molecular complexity index is 358. The summed E-state index contributed by atoms with van der Waals surface area (Å²) in [5.41, 5.74) is 0. The highest BCUT2D eigenvalue weighted by molar-refractivity contribution is 5.09. The van der Waals surface area contributed by atoms with E-state index in [1.807, 2.05) is 19.1 Å². The van der Waals surface area contributed by atoms with Gasteiger partial charge in [0.2, 0.25) is 0 Å². The van der Waals surface area contributed by atoms with Gasteiger partial charge in [-0.05, 0) is 37.8 Å². The molecular formula is C14H21NO2. The third-order valence-electron chi connectivity index (χ3n) is 4.06. The van der Waals surface area contributed by atoms with Crippen LogP contribution < -0.4 is 5.32 Å². The molecule has 1 aromatic rings. The Hall–Kier alpha value is -0.800. The van der Waals surface area contributed by atoms with Gasteiger partial charge in [0.25, 0.3) is 0 Å². The highest BCUT2D eigenvalue weighted by atomic mass is 16.5. The summed E-state index contributed by atoms with van der Waals surface area (Å²) in [5.74, 6) is 2.63. The maximum atomic E-state index is 6.02. The second kappa shape index (κ2) is 4.83. The van der Waals surface area contributed by atoms with Gasteiger partial charge < -0.3 is 14.5 Å². The van der Waals surface area contributed by atoms with E-state index in [1.165, 1.54) is 25.7 Å². The van der Waals surface area contributed by atoms with Gasteiger partial charge >= 0.3 is 0 Å². The Labute approximate surface area is 103 Å². The van der Waals surface area contributed by atoms with Gasteiger partial charge in [0.05, 0.1) is 6.61 Å². The molecule has 2 aliphatic rings. The van der Waals surface area contributed by atoms with E-state index in [-0.39, 0.29) is 6.10 Å². The fourth-order valence-corrected chi connectivity index (χ4v) is 3.04. The maximum Gasteiger partial charge on any atom is 0.134 e. The van der Waals surface area contributed by atoms with Crippen molar-refractivity contribution in [2.45, 2.75) is 44.8 Å². The van der Waals surface area contributed by atoms with Gasteiger partial charge in [-0.2, -0.15) is 0 Å². The van der Waals surface area contributed by atoms with E-state index in [4.69, 9.17) is 9.15 Å². The van der Waals surface area contributed by atoms with Crippen LogP contribution in [0.4, 0.5) is 0 Å². The summed E-state index contributed by atoms with van der Waals surface area (Å²) in [6, 6.07) is 4.71. The molecule has 3 heteroatoms. The number of rotatable bonds is 1. The Morgan fingerprint density at radius 2 is 2.12 bits per heavy atom. The molecule has 0 radical (unpaired) electrons. The summed E-state index contributed by atoms with van der Waals surface area (Å²) >= 11 is 0. The number of hydrogen-bond acceptors (Lipinski definition) is 3. The van der Waals surface area contributed by atoms with Crippen molar-refractivity contribution >= 4 is 0 Å². The Morgan fingerprint density at radius 3 is 2.94 bits per heavy atom. The van der Waals surface area contributed by atoms with E-state index in [0.29, 0.717) is 12.0 Å². The third kappa shape index (κ3) is 2.40. The molecule has 1 N–H and O–H groups in total. The van der Waals surface area contributed by atoms with Crippen LogP contribution in [0.3, 0.4) is 0 Å². The predicted molar refractivity (Wildman–Crippen MR) is 65.9 cm³/mol. The lowest BCUT2D eigenvalue weighted by molar-refractivity contribution is 0.0275. The lowest BCUT2D eigenvalue weighted by atomic mass is 9.85. The van der Waals surface area contributed by atoms with Crippen molar-refractivity contribution < 1.29 is 9.15 Å². The molecule has 0 bridgehead atoms. The minimum atomic E-state index is 0.0919. The minimum absolute atomic E-state index is 0.0919. The predicted octanol–water partition coefficient (Wildman–Crippen LogP) is 2.81. The van der Waals surface area contributed by atoms with Gasteiger partial charge in [0.1, 0.15) is 17.6 Å². The van der Waals surface area contributed by atoms with Crippen molar-refractivity contribution in [3.63, 3.8) is 0 Å². The van der Waals surface area contributed by atoms with Gasteiger partial charge in [-0.1, -0.05) is 12.8 Å². The molecular weight excluding hydrogens is 214 g/mol. The number of hydrogen-bond donors (Lipinski definition) is 1. The fraction of sp³-hybridized carbons (Fsp3) is 0.714. The van der Waals surface area contributed by atoms with Crippen molar-refractivity contribution in [3.8, 4) is 0 Å². The summed E-state index contributed by atoms with van der Waals surface area (Å²) in [6.45, 7) is 3.74. The summed E-state index contributed by atoms with van der Waals surface area (Å²) in [5, 5.41) is 3.66. The Kier molecular flexibility index (Phi) is 3.21. The van der Waals surface area contributed by atoms with Gasteiger partial charge in [-0.3, -0.25) is 0 Å². The van der Waals surface area contributed by atoms with E-state index >= 15 is 0 Å². The van der Waals surface area contributed by atoms with E-state index in [9.17, 15) is 0 Å². The average molecular weight is 235 g/mol. The number of ether oxygens (including phenoxy) is 1. The van der Waals surface area contributed by atoms with Crippen molar-refractivity contribution in [2.24, 2.45) is 5.92 Å². The smallest absolute Gasteiger partial charge is 0.134 e. The zero-order valence-electron chi connectivity index (χ0n) is 10.4. The van der Waals surface area contributed by atoms with Crippen molar-refractivity contribution in [2.75, 3.05) is 13.2 Å². The number of nitrogens with one attached hydrogen (secondary N) is 1. The number of furan rings is 1. The standard InChI is InChI=1S/C14H21NO2/c1-10-6-7-13(17-10)14-8-15-12-5-3-2-4-11(12)9-16-14/h6-7,11-12,14-15H,2-5,8-9H2,1H3. The van der Waals surface area contributed by atoms with Gasteiger partial charge in [0.15, 0.2) is 0 Å². The topological polar surface area (TPSA) is 34.4 Å². The molecule has 3 atom stereocenters. The van der Waals surface area contributed by atoms with Gasteiger partial charge in [-0.15, -0.1) is 0 Å². The van der Waals surface area contributed by atoms with Crippen LogP contribution in [-0.4, -0.2) is 19.2 Å². The molecule has 1 aliphatic heterocycles. The Morgan fingerprint density at radius 1 is 1.24 bits per heavy atom. The molecule has 0 aromatic carbocycles. The molecule has 17 heavy (non-hydrogen) atoms. The van der Waals surface area contributed by atoms with Crippen LogP contribution in [0.2, 0.25) is 0 Å². The second-order valence-electron chi connectivity index (χ2n) is 5.33. The number of fused-ring (bicyclic) bond motifs is 1. The van der Waals surface area contributed by atoms with Crippen LogP contribution in [-0.2, 0) is 4.74 Å². The summed E-state index contributed by atoms with van der Waals surface area (Å²) in [7, 11) is 0. The lowest BCUT2D eigenvalue weighted by Gasteiger charge is -2.29. The van der Waals surface area contributed by atoms with Crippen LogP contribution in [0, 0.1) is 12.8 Å². The van der Waals surface area contributed by atoms with Crippen molar-refractivity contribution in [3.05, 3.63) is 23.7 Å². The van der Waals surface area contributed by atoms with E-state index < -0.39 is 0 Å². The molecule has 1 aliphatic carbocycles. The first-order valence-corrected chi connectivity index (χ1v) is 6.74. The van der Waals surface area contributed by atoms with Crippen LogP contribution in [0.25, 0.3) is 0 Å². The van der Waals surface area contributed by atoms with E-state index in [1.54, 1.807) is 0 Å². The quantitative estimate of drug-likeness (QED) is 0.812. The zero-order chi connectivity index (χ0) is 11.7. The maximum absolute atomic E-state index is 6.02. The molecule has 2 heterocycles. The summed E-state index contributed by atoms with van der Waals surface area (Å²) in [4.78, 5) is 0. The van der Waals surface area contributed by atoms with Gasteiger partial charge in [-0.25, -0.2) is 0 Å². The molecule has 3 nitrogen and oxygen atoms in total. The molecule has 0 spiro atoms. The fourth-order valence-electron chi connectivity index (χ4n) is 3.04.